The van der Waals surface area contributed by atoms with Gasteiger partial charge in [0.15, 0.2) is 48.9 Å². The summed E-state index contributed by atoms with van der Waals surface area (Å²) in [5.41, 5.74) is -1.49. The number of benzene rings is 1. The number of nitrogens with zero attached hydrogens (tertiary/aromatic N) is 9. The van der Waals surface area contributed by atoms with Crippen LogP contribution in [0.4, 0.5) is 16.2 Å². The van der Waals surface area contributed by atoms with Crippen molar-refractivity contribution in [1.82, 2.24) is 39.0 Å². The quantitative estimate of drug-likeness (QED) is 0.0441. The summed E-state index contributed by atoms with van der Waals surface area (Å²) in [5, 5.41) is 14.4. The summed E-state index contributed by atoms with van der Waals surface area (Å²) in [6.45, 7) is 18.3. The molecule has 2 saturated carbocycles. The minimum atomic E-state index is -4.93. The zero-order valence-corrected chi connectivity index (χ0v) is 44.2. The normalized spacial score (nSPS) is 30.1. The molecular formula is C45H55FN12O13P2Si. The Morgan fingerprint density at radius 3 is 2.46 bits per heavy atom. The van der Waals surface area contributed by atoms with Crippen molar-refractivity contribution in [3.63, 3.8) is 0 Å². The van der Waals surface area contributed by atoms with E-state index in [0.717, 1.165) is 6.33 Å². The number of phosphoric acid groups is 2. The van der Waals surface area contributed by atoms with Gasteiger partial charge in [0, 0.05) is 16.9 Å². The molecule has 5 aromatic rings. The van der Waals surface area contributed by atoms with Gasteiger partial charge in [-0.2, -0.15) is 10.2 Å². The van der Waals surface area contributed by atoms with Crippen LogP contribution >= 0.6 is 15.6 Å². The van der Waals surface area contributed by atoms with Crippen LogP contribution in [0.1, 0.15) is 70.1 Å². The summed E-state index contributed by atoms with van der Waals surface area (Å²) in [6, 6.07) is 9.46. The van der Waals surface area contributed by atoms with Gasteiger partial charge in [0.05, 0.1) is 57.1 Å². The summed E-state index contributed by atoms with van der Waals surface area (Å²) in [6.07, 6.45) is -5.98. The van der Waals surface area contributed by atoms with E-state index < -0.39 is 133 Å². The highest BCUT2D eigenvalue weighted by Crippen LogP contribution is 2.74. The number of nitrogens with one attached hydrogen (secondary N) is 3. The van der Waals surface area contributed by atoms with E-state index in [1.54, 1.807) is 48.7 Å². The molecule has 1 spiro atoms. The summed E-state index contributed by atoms with van der Waals surface area (Å²) < 4.78 is 101. The number of halogens is 1. The molecule has 3 unspecified atom stereocenters. The number of imidazole rings is 2. The van der Waals surface area contributed by atoms with Gasteiger partial charge in [0.1, 0.15) is 31.2 Å². The van der Waals surface area contributed by atoms with Crippen LogP contribution < -0.4 is 16.2 Å². The number of fused-ring (bicyclic) bond motifs is 3. The lowest BCUT2D eigenvalue weighted by Crippen LogP contribution is -2.50. The van der Waals surface area contributed by atoms with E-state index in [0.29, 0.717) is 5.56 Å². The third kappa shape index (κ3) is 10.2. The Balaban J connectivity index is 1.11. The summed E-state index contributed by atoms with van der Waals surface area (Å²) in [7, 11) is -12.7. The Bertz CT molecular complexity index is 3200. The number of alkyl halides is 1. The number of aromatic nitrogens is 8. The predicted molar refractivity (Wildman–Crippen MR) is 262 cm³/mol. The van der Waals surface area contributed by atoms with Crippen molar-refractivity contribution in [2.45, 2.75) is 108 Å². The fourth-order valence-corrected chi connectivity index (χ4v) is 13.3. The zero-order chi connectivity index (χ0) is 53.0. The van der Waals surface area contributed by atoms with Crippen LogP contribution in [0.5, 0.6) is 0 Å². The fourth-order valence-electron chi connectivity index (χ4n) is 9.08. The highest BCUT2D eigenvalue weighted by molar-refractivity contribution is 7.48. The molecule has 3 N–H and O–H groups in total. The first-order valence-corrected chi connectivity index (χ1v) is 29.6. The predicted octanol–water partition coefficient (Wildman–Crippen LogP) is 6.89. The number of carbonyl (C=O) groups is 2. The summed E-state index contributed by atoms with van der Waals surface area (Å²) >= 11 is 0. The molecule has 4 fully saturated rings. The van der Waals surface area contributed by atoms with Gasteiger partial charge in [-0.1, -0.05) is 52.8 Å². The second-order valence-electron chi connectivity index (χ2n) is 20.2. The highest BCUT2D eigenvalue weighted by Gasteiger charge is 2.75. The molecule has 0 radical (unpaired) electrons. The van der Waals surface area contributed by atoms with Crippen molar-refractivity contribution in [3.8, 4) is 6.07 Å². The summed E-state index contributed by atoms with van der Waals surface area (Å²) in [5.74, 6) is -2.06. The maximum absolute atomic E-state index is 17.4. The van der Waals surface area contributed by atoms with E-state index >= 15 is 13.5 Å². The van der Waals surface area contributed by atoms with Crippen molar-refractivity contribution in [2.24, 2.45) is 17.3 Å². The molecular weight excluding hydrogens is 1030 g/mol. The molecule has 29 heteroatoms. The molecule has 0 bridgehead atoms. The number of nitriles is 1. The lowest BCUT2D eigenvalue weighted by Gasteiger charge is -2.43. The van der Waals surface area contributed by atoms with Crippen molar-refractivity contribution in [1.29, 1.82) is 5.26 Å². The fraction of sp³-hybridized carbons (Fsp3) is 0.556. The van der Waals surface area contributed by atoms with E-state index in [-0.39, 0.29) is 53.5 Å². The second-order valence-corrected chi connectivity index (χ2v) is 28.2. The SMILES string of the molecule is [C-]#[N+]CCOP1(=O)OCC23C[C@@H]2[C@@H](n2cnc4c(=O)[nH]c(NC(=O)C(C)C)nc42)[C@H](O[Si](C)(C)C(C)(C)C)[C@@H]3OP(=O)(OCCC#N)OC[C@H]2O[C@@H](n3cnc4c(NC(=O)c5ccccc5)ncnc43)[C@H](F)[C@@H]2O1. The second kappa shape index (κ2) is 20.5. The smallest absolute Gasteiger partial charge is 0.409 e. The van der Waals surface area contributed by atoms with Gasteiger partial charge in [-0.25, -0.2) is 40.0 Å². The largest absolute Gasteiger partial charge is 0.475 e. The first kappa shape index (κ1) is 53.2. The van der Waals surface area contributed by atoms with Crippen molar-refractivity contribution in [3.05, 3.63) is 76.6 Å². The number of aromatic amines is 1. The van der Waals surface area contributed by atoms with Gasteiger partial charge in [0.2, 0.25) is 18.4 Å². The van der Waals surface area contributed by atoms with Crippen molar-refractivity contribution >= 4 is 69.9 Å². The molecule has 2 saturated heterocycles. The average Bonchev–Trinajstić information content (AvgIpc) is 3.60. The maximum atomic E-state index is 17.4. The highest BCUT2D eigenvalue weighted by atomic mass is 31.2. The summed E-state index contributed by atoms with van der Waals surface area (Å²) in [4.78, 5) is 67.2. The Morgan fingerprint density at radius 1 is 1.03 bits per heavy atom. The van der Waals surface area contributed by atoms with Crippen LogP contribution in [0.3, 0.4) is 0 Å². The molecule has 11 atom stereocenters. The van der Waals surface area contributed by atoms with Crippen molar-refractivity contribution < 1.29 is 59.4 Å². The molecule has 6 heterocycles. The van der Waals surface area contributed by atoms with E-state index in [1.165, 1.54) is 17.2 Å². The number of phosphoric ester groups is 2. The minimum absolute atomic E-state index is 0.00760. The molecule has 74 heavy (non-hydrogen) atoms. The number of H-pyrrole nitrogens is 1. The number of hydrogen-bond acceptors (Lipinski definition) is 19. The van der Waals surface area contributed by atoms with Gasteiger partial charge in [-0.15, -0.1) is 0 Å². The maximum Gasteiger partial charge on any atom is 0.475 e. The molecule has 2 aliphatic heterocycles. The first-order chi connectivity index (χ1) is 35.1. The van der Waals surface area contributed by atoms with E-state index in [2.05, 4.69) is 45.4 Å². The zero-order valence-electron chi connectivity index (χ0n) is 41.4. The molecule has 4 aliphatic rings. The molecule has 9 rings (SSSR count). The molecule has 1 aromatic carbocycles. The lowest BCUT2D eigenvalue weighted by molar-refractivity contribution is -0.118. The van der Waals surface area contributed by atoms with Gasteiger partial charge in [-0.05, 0) is 42.6 Å². The van der Waals surface area contributed by atoms with Crippen LogP contribution in [-0.4, -0.2) is 123 Å². The van der Waals surface area contributed by atoms with E-state index in [1.807, 2.05) is 39.9 Å². The third-order valence-corrected chi connectivity index (χ3v) is 21.4. The van der Waals surface area contributed by atoms with Gasteiger partial charge in [-0.3, -0.25) is 56.4 Å². The monoisotopic (exact) mass is 1080 g/mol. The Morgan fingerprint density at radius 2 is 1.74 bits per heavy atom. The molecule has 4 aromatic heterocycles. The average molecular weight is 1080 g/mol. The number of amides is 2. The molecule has 394 valence electrons. The van der Waals surface area contributed by atoms with Crippen molar-refractivity contribution in [2.75, 3.05) is 43.6 Å². The Kier molecular flexibility index (Phi) is 14.7. The number of anilines is 2. The first-order valence-electron chi connectivity index (χ1n) is 23.8. The van der Waals surface area contributed by atoms with Crippen LogP contribution in [0.2, 0.25) is 18.1 Å². The van der Waals surface area contributed by atoms with Crippen LogP contribution in [0, 0.1) is 35.2 Å². The third-order valence-electron chi connectivity index (χ3n) is 14.0. The van der Waals surface area contributed by atoms with Crippen LogP contribution in [-0.2, 0) is 50.2 Å². The van der Waals surface area contributed by atoms with Crippen LogP contribution in [0.15, 0.2) is 54.1 Å². The number of ether oxygens (including phenoxy) is 1. The van der Waals surface area contributed by atoms with Gasteiger partial charge >= 0.3 is 15.6 Å². The Labute approximate surface area is 424 Å². The molecule has 2 aliphatic carbocycles. The van der Waals surface area contributed by atoms with Gasteiger partial charge in [0.25, 0.3) is 11.5 Å². The van der Waals surface area contributed by atoms with Gasteiger partial charge < -0.3 is 23.9 Å². The lowest BCUT2D eigenvalue weighted by atomic mass is 10.0. The van der Waals surface area contributed by atoms with E-state index in [9.17, 15) is 19.6 Å². The van der Waals surface area contributed by atoms with E-state index in [4.69, 9.17) is 42.9 Å². The van der Waals surface area contributed by atoms with Crippen LogP contribution in [0.25, 0.3) is 27.2 Å². The standard InChI is InChI=1S/C45H55FN12O13P2Si/c1-25(2)39(59)55-43-54-38-31(41(61)56-43)52-23-57(38)32-27-19-45(27)21-67-73(63,65-18-16-48-6)69-33-28(20-66-72(62,64-17-12-15-47)70-35(45)34(32)71-74(7,8)44(3,4)5)68-42(29(33)46)58-24-51-30-36(49-22-50-37(30)58)53-40(60)26-13-10-9-11-14-26/h9-11,13-14,22-25,27-29,32-35,42H,12,16-21H2,1-5,7-8H3,(H,49,50,53,60)(H2,54,55,56,59,61)/t27-,28-,29-,32-,33-,34+,35+,42-,45?,72?,73?/m1/s1. The minimum Gasteiger partial charge on any atom is -0.409 e. The molecule has 25 nitrogen and oxygen atoms in total. The Hall–Kier alpha value is -5.67. The number of carbonyl (C=O) groups excluding carboxylic acids is 2. The topological polar surface area (TPSA) is 301 Å². The number of rotatable bonds is 14. The molecule has 2 amide bonds. The number of hydrogen-bond donors (Lipinski definition) is 3.